The van der Waals surface area contributed by atoms with Crippen molar-refractivity contribution in [1.29, 1.82) is 0 Å². The highest BCUT2D eigenvalue weighted by atomic mass is 15.0. The molecule has 3 nitrogen and oxygen atoms in total. The molecule has 0 saturated carbocycles. The van der Waals surface area contributed by atoms with Gasteiger partial charge in [-0.25, -0.2) is 0 Å². The minimum atomic E-state index is 0.209. The average molecular weight is 227 g/mol. The third kappa shape index (κ3) is 1.67. The van der Waals surface area contributed by atoms with Crippen molar-refractivity contribution in [3.8, 4) is 5.69 Å². The Morgan fingerprint density at radius 2 is 2.12 bits per heavy atom. The fourth-order valence-corrected chi connectivity index (χ4v) is 2.79. The van der Waals surface area contributed by atoms with Gasteiger partial charge in [0, 0.05) is 35.5 Å². The van der Waals surface area contributed by atoms with Crippen LogP contribution in [0.3, 0.4) is 0 Å². The van der Waals surface area contributed by atoms with Gasteiger partial charge < -0.3 is 10.3 Å². The Morgan fingerprint density at radius 1 is 1.35 bits per heavy atom. The molecule has 1 aliphatic carbocycles. The molecule has 2 aromatic rings. The summed E-state index contributed by atoms with van der Waals surface area (Å²) in [4.78, 5) is 4.07. The molecule has 0 aliphatic heterocycles. The van der Waals surface area contributed by atoms with E-state index in [1.165, 1.54) is 29.1 Å². The van der Waals surface area contributed by atoms with Crippen molar-refractivity contribution < 1.29 is 0 Å². The normalized spacial score (nSPS) is 19.1. The predicted molar refractivity (Wildman–Crippen MR) is 68.2 cm³/mol. The molecule has 1 aliphatic rings. The lowest BCUT2D eigenvalue weighted by Crippen LogP contribution is -2.17. The maximum Gasteiger partial charge on any atom is 0.0485 e. The summed E-state index contributed by atoms with van der Waals surface area (Å²) in [5, 5.41) is 0. The molecule has 88 valence electrons. The van der Waals surface area contributed by atoms with Gasteiger partial charge in [0.2, 0.25) is 0 Å². The Balaban J connectivity index is 2.18. The Kier molecular flexibility index (Phi) is 2.48. The summed E-state index contributed by atoms with van der Waals surface area (Å²) in [6, 6.07) is 6.54. The Bertz CT molecular complexity index is 528. The first kappa shape index (κ1) is 10.5. The van der Waals surface area contributed by atoms with E-state index in [9.17, 15) is 0 Å². The van der Waals surface area contributed by atoms with Crippen LogP contribution in [0.5, 0.6) is 0 Å². The quantitative estimate of drug-likeness (QED) is 0.813. The lowest BCUT2D eigenvalue weighted by molar-refractivity contribution is 0.560. The highest BCUT2D eigenvalue weighted by molar-refractivity contribution is 5.42. The van der Waals surface area contributed by atoms with Crippen molar-refractivity contribution in [3.05, 3.63) is 47.5 Å². The summed E-state index contributed by atoms with van der Waals surface area (Å²) in [5.41, 5.74) is 11.3. The fourth-order valence-electron chi connectivity index (χ4n) is 2.79. The van der Waals surface area contributed by atoms with Gasteiger partial charge in [0.15, 0.2) is 0 Å². The van der Waals surface area contributed by atoms with Crippen LogP contribution in [-0.2, 0) is 6.42 Å². The van der Waals surface area contributed by atoms with E-state index in [1.54, 1.807) is 0 Å². The monoisotopic (exact) mass is 227 g/mol. The fraction of sp³-hybridized carbons (Fsp3) is 0.357. The van der Waals surface area contributed by atoms with Crippen molar-refractivity contribution in [2.75, 3.05) is 0 Å². The van der Waals surface area contributed by atoms with Crippen molar-refractivity contribution in [1.82, 2.24) is 9.55 Å². The van der Waals surface area contributed by atoms with Crippen LogP contribution in [0.15, 0.2) is 30.6 Å². The van der Waals surface area contributed by atoms with Gasteiger partial charge in [-0.3, -0.25) is 4.98 Å². The van der Waals surface area contributed by atoms with Crippen LogP contribution < -0.4 is 5.73 Å². The van der Waals surface area contributed by atoms with E-state index >= 15 is 0 Å². The van der Waals surface area contributed by atoms with Crippen LogP contribution in [-0.4, -0.2) is 9.55 Å². The van der Waals surface area contributed by atoms with Gasteiger partial charge in [-0.15, -0.1) is 0 Å². The zero-order valence-electron chi connectivity index (χ0n) is 10.1. The van der Waals surface area contributed by atoms with E-state index in [-0.39, 0.29) is 6.04 Å². The Morgan fingerprint density at radius 3 is 2.88 bits per heavy atom. The second-order valence-electron chi connectivity index (χ2n) is 4.73. The lowest BCUT2D eigenvalue weighted by atomic mass is 9.93. The van der Waals surface area contributed by atoms with Crippen LogP contribution in [0.25, 0.3) is 5.69 Å². The highest BCUT2D eigenvalue weighted by Gasteiger charge is 2.22. The molecule has 0 fully saturated rings. The standard InChI is InChI=1S/C14H17N3/c1-10-9-12-13(15)3-2-4-14(12)17(10)11-5-7-16-8-6-11/h5-9,13H,2-4,15H2,1H3. The molecule has 17 heavy (non-hydrogen) atoms. The molecule has 3 rings (SSSR count). The van der Waals surface area contributed by atoms with Gasteiger partial charge in [-0.2, -0.15) is 0 Å². The van der Waals surface area contributed by atoms with Gasteiger partial charge in [0.25, 0.3) is 0 Å². The number of hydrogen-bond donors (Lipinski definition) is 1. The summed E-state index contributed by atoms with van der Waals surface area (Å²) in [5.74, 6) is 0. The van der Waals surface area contributed by atoms with Gasteiger partial charge in [0.1, 0.15) is 0 Å². The Labute approximate surface area is 101 Å². The van der Waals surface area contributed by atoms with Crippen LogP contribution in [0.1, 0.15) is 35.8 Å². The number of nitrogens with two attached hydrogens (primary N) is 1. The lowest BCUT2D eigenvalue weighted by Gasteiger charge is -2.21. The number of nitrogens with zero attached hydrogens (tertiary/aromatic N) is 2. The molecule has 1 unspecified atom stereocenters. The second kappa shape index (κ2) is 4.00. The molecule has 3 heteroatoms. The first-order valence-electron chi connectivity index (χ1n) is 6.14. The second-order valence-corrected chi connectivity index (χ2v) is 4.73. The van der Waals surface area contributed by atoms with Crippen molar-refractivity contribution in [2.45, 2.75) is 32.2 Å². The Hall–Kier alpha value is -1.61. The van der Waals surface area contributed by atoms with E-state index in [0.29, 0.717) is 0 Å². The maximum atomic E-state index is 6.18. The third-order valence-corrected chi connectivity index (χ3v) is 3.57. The zero-order valence-corrected chi connectivity index (χ0v) is 10.1. The highest BCUT2D eigenvalue weighted by Crippen LogP contribution is 2.32. The summed E-state index contributed by atoms with van der Waals surface area (Å²) < 4.78 is 2.32. The number of aryl methyl sites for hydroxylation is 1. The van der Waals surface area contributed by atoms with Crippen LogP contribution in [0, 0.1) is 6.92 Å². The molecular weight excluding hydrogens is 210 g/mol. The van der Waals surface area contributed by atoms with E-state index in [1.807, 2.05) is 24.5 Å². The number of rotatable bonds is 1. The molecule has 0 radical (unpaired) electrons. The first-order chi connectivity index (χ1) is 8.27. The van der Waals surface area contributed by atoms with E-state index < -0.39 is 0 Å². The molecule has 2 heterocycles. The van der Waals surface area contributed by atoms with Crippen molar-refractivity contribution >= 4 is 0 Å². The SMILES string of the molecule is Cc1cc2c(n1-c1ccncc1)CCCC2N. The molecule has 0 saturated heterocycles. The third-order valence-electron chi connectivity index (χ3n) is 3.57. The number of aromatic nitrogens is 2. The largest absolute Gasteiger partial charge is 0.324 e. The molecular formula is C14H17N3. The minimum absolute atomic E-state index is 0.209. The van der Waals surface area contributed by atoms with Gasteiger partial charge in [0.05, 0.1) is 0 Å². The van der Waals surface area contributed by atoms with Gasteiger partial charge >= 0.3 is 0 Å². The zero-order chi connectivity index (χ0) is 11.8. The molecule has 2 N–H and O–H groups in total. The molecule has 0 spiro atoms. The van der Waals surface area contributed by atoms with Crippen LogP contribution >= 0.6 is 0 Å². The topological polar surface area (TPSA) is 43.8 Å². The molecule has 1 atom stereocenters. The molecule has 2 aromatic heterocycles. The summed E-state index contributed by atoms with van der Waals surface area (Å²) in [6.07, 6.45) is 7.09. The van der Waals surface area contributed by atoms with E-state index in [4.69, 9.17) is 5.73 Å². The van der Waals surface area contributed by atoms with Crippen LogP contribution in [0.2, 0.25) is 0 Å². The number of pyridine rings is 1. The summed E-state index contributed by atoms with van der Waals surface area (Å²) >= 11 is 0. The summed E-state index contributed by atoms with van der Waals surface area (Å²) in [7, 11) is 0. The average Bonchev–Trinajstić information content (AvgIpc) is 2.68. The van der Waals surface area contributed by atoms with Gasteiger partial charge in [-0.1, -0.05) is 0 Å². The van der Waals surface area contributed by atoms with E-state index in [2.05, 4.69) is 22.5 Å². The van der Waals surface area contributed by atoms with Crippen LogP contribution in [0.4, 0.5) is 0 Å². The summed E-state index contributed by atoms with van der Waals surface area (Å²) in [6.45, 7) is 2.14. The van der Waals surface area contributed by atoms with Crippen molar-refractivity contribution in [2.24, 2.45) is 5.73 Å². The molecule has 0 bridgehead atoms. The maximum absolute atomic E-state index is 6.18. The predicted octanol–water partition coefficient (Wildman–Crippen LogP) is 2.52. The van der Waals surface area contributed by atoms with Gasteiger partial charge in [-0.05, 0) is 49.9 Å². The molecule has 0 aromatic carbocycles. The number of fused-ring (bicyclic) bond motifs is 1. The smallest absolute Gasteiger partial charge is 0.0485 e. The first-order valence-corrected chi connectivity index (χ1v) is 6.14. The number of hydrogen-bond acceptors (Lipinski definition) is 2. The van der Waals surface area contributed by atoms with Crippen molar-refractivity contribution in [3.63, 3.8) is 0 Å². The molecule has 0 amide bonds. The van der Waals surface area contributed by atoms with E-state index in [0.717, 1.165) is 12.8 Å². The minimum Gasteiger partial charge on any atom is -0.324 e.